The molecule has 2 aromatic carbocycles. The molecular formula is C19H20N4O5S. The Morgan fingerprint density at radius 2 is 1.97 bits per heavy atom. The number of aromatic nitrogens is 2. The number of amides is 1. The molecule has 1 aromatic heterocycles. The molecule has 0 aliphatic carbocycles. The quantitative estimate of drug-likeness (QED) is 0.629. The Bertz CT molecular complexity index is 1130. The van der Waals surface area contributed by atoms with Crippen molar-refractivity contribution in [2.75, 3.05) is 25.1 Å². The van der Waals surface area contributed by atoms with E-state index in [0.717, 1.165) is 11.8 Å². The Labute approximate surface area is 168 Å². The fourth-order valence-electron chi connectivity index (χ4n) is 2.64. The highest BCUT2D eigenvalue weighted by molar-refractivity contribution is 7.92. The van der Waals surface area contributed by atoms with Gasteiger partial charge in [0.15, 0.2) is 0 Å². The molecule has 3 rings (SSSR count). The smallest absolute Gasteiger partial charge is 0.256 e. The molecule has 0 saturated heterocycles. The van der Waals surface area contributed by atoms with E-state index in [0.29, 0.717) is 11.6 Å². The second kappa shape index (κ2) is 8.31. The number of ether oxygens (including phenoxy) is 1. The predicted molar refractivity (Wildman–Crippen MR) is 107 cm³/mol. The van der Waals surface area contributed by atoms with Gasteiger partial charge in [0.2, 0.25) is 21.7 Å². The molecule has 9 nitrogen and oxygen atoms in total. The van der Waals surface area contributed by atoms with Gasteiger partial charge in [0.1, 0.15) is 5.75 Å². The van der Waals surface area contributed by atoms with Gasteiger partial charge in [-0.2, -0.15) is 4.98 Å². The first kappa shape index (κ1) is 20.3. The summed E-state index contributed by atoms with van der Waals surface area (Å²) < 4.78 is 35.9. The number of para-hydroxylation sites is 1. The van der Waals surface area contributed by atoms with Crippen LogP contribution in [0.5, 0.6) is 5.75 Å². The molecular weight excluding hydrogens is 396 g/mol. The number of benzene rings is 2. The zero-order valence-corrected chi connectivity index (χ0v) is 16.9. The van der Waals surface area contributed by atoms with E-state index in [1.165, 1.54) is 11.0 Å². The van der Waals surface area contributed by atoms with Crippen LogP contribution in [0.4, 0.5) is 5.69 Å². The maximum absolute atomic E-state index is 12.8. The molecule has 0 fully saturated rings. The van der Waals surface area contributed by atoms with Gasteiger partial charge in [-0.3, -0.25) is 9.52 Å². The molecule has 152 valence electrons. The van der Waals surface area contributed by atoms with E-state index in [-0.39, 0.29) is 23.7 Å². The summed E-state index contributed by atoms with van der Waals surface area (Å²) in [6, 6.07) is 13.6. The first-order chi connectivity index (χ1) is 13.8. The highest BCUT2D eigenvalue weighted by Gasteiger charge is 2.20. The lowest BCUT2D eigenvalue weighted by molar-refractivity contribution is 0.0770. The van der Waals surface area contributed by atoms with Gasteiger partial charge in [-0.25, -0.2) is 8.42 Å². The van der Waals surface area contributed by atoms with Crippen molar-refractivity contribution in [1.82, 2.24) is 15.0 Å². The summed E-state index contributed by atoms with van der Waals surface area (Å²) in [5.74, 6) is 0.889. The number of hydrogen-bond acceptors (Lipinski definition) is 7. The highest BCUT2D eigenvalue weighted by atomic mass is 32.2. The molecule has 0 bridgehead atoms. The van der Waals surface area contributed by atoms with Crippen LogP contribution < -0.4 is 9.46 Å². The summed E-state index contributed by atoms with van der Waals surface area (Å²) in [6.07, 6.45) is 1.02. The van der Waals surface area contributed by atoms with Gasteiger partial charge in [-0.15, -0.1) is 0 Å². The molecule has 1 N–H and O–H groups in total. The van der Waals surface area contributed by atoms with Crippen LogP contribution in [0.2, 0.25) is 0 Å². The van der Waals surface area contributed by atoms with Crippen LogP contribution in [0.25, 0.3) is 11.4 Å². The number of methoxy groups -OCH3 is 1. The minimum atomic E-state index is -3.52. The summed E-state index contributed by atoms with van der Waals surface area (Å²) in [5, 5.41) is 3.94. The molecule has 29 heavy (non-hydrogen) atoms. The second-order valence-electron chi connectivity index (χ2n) is 6.32. The summed E-state index contributed by atoms with van der Waals surface area (Å²) in [7, 11) is -0.391. The van der Waals surface area contributed by atoms with E-state index in [1.807, 2.05) is 12.1 Å². The standard InChI is InChI=1S/C19H20N4O5S/c1-23(19(24)15-9-4-5-10-16(15)22-29(3,25)26)12-17-20-18(21-28-17)13-7-6-8-14(11-13)27-2/h4-11,22H,12H2,1-3H3. The average molecular weight is 416 g/mol. The summed E-state index contributed by atoms with van der Waals surface area (Å²) in [6.45, 7) is 0.0585. The van der Waals surface area contributed by atoms with Crippen LogP contribution in [0, 0.1) is 0 Å². The minimum Gasteiger partial charge on any atom is -0.497 e. The zero-order chi connectivity index (χ0) is 21.0. The lowest BCUT2D eigenvalue weighted by Gasteiger charge is -2.17. The Morgan fingerprint density at radius 1 is 1.21 bits per heavy atom. The summed E-state index contributed by atoms with van der Waals surface area (Å²) >= 11 is 0. The number of rotatable bonds is 7. The second-order valence-corrected chi connectivity index (χ2v) is 8.07. The van der Waals surface area contributed by atoms with E-state index >= 15 is 0 Å². The average Bonchev–Trinajstić information content (AvgIpc) is 3.15. The maximum atomic E-state index is 12.8. The normalized spacial score (nSPS) is 11.1. The number of anilines is 1. The summed E-state index contributed by atoms with van der Waals surface area (Å²) in [4.78, 5) is 18.5. The van der Waals surface area contributed by atoms with E-state index < -0.39 is 15.9 Å². The van der Waals surface area contributed by atoms with Crippen LogP contribution >= 0.6 is 0 Å². The molecule has 1 amide bonds. The first-order valence-electron chi connectivity index (χ1n) is 8.56. The van der Waals surface area contributed by atoms with Crippen molar-refractivity contribution in [2.45, 2.75) is 6.54 Å². The van der Waals surface area contributed by atoms with Crippen molar-refractivity contribution in [1.29, 1.82) is 0 Å². The van der Waals surface area contributed by atoms with Gasteiger partial charge in [0.05, 0.1) is 31.2 Å². The van der Waals surface area contributed by atoms with Crippen molar-refractivity contribution in [2.24, 2.45) is 0 Å². The Kier molecular flexibility index (Phi) is 5.83. The lowest BCUT2D eigenvalue weighted by Crippen LogP contribution is -2.27. The van der Waals surface area contributed by atoms with E-state index in [1.54, 1.807) is 44.5 Å². The monoisotopic (exact) mass is 416 g/mol. The fraction of sp³-hybridized carbons (Fsp3) is 0.211. The van der Waals surface area contributed by atoms with Crippen LogP contribution in [0.15, 0.2) is 53.1 Å². The molecule has 1 heterocycles. The van der Waals surface area contributed by atoms with E-state index in [2.05, 4.69) is 14.9 Å². The van der Waals surface area contributed by atoms with Crippen molar-refractivity contribution in [3.8, 4) is 17.1 Å². The van der Waals surface area contributed by atoms with Crippen LogP contribution in [0.1, 0.15) is 16.2 Å². The zero-order valence-electron chi connectivity index (χ0n) is 16.1. The fourth-order valence-corrected chi connectivity index (χ4v) is 3.21. The third-order valence-electron chi connectivity index (χ3n) is 3.97. The molecule has 0 radical (unpaired) electrons. The molecule has 0 atom stereocenters. The number of hydrogen-bond donors (Lipinski definition) is 1. The third kappa shape index (κ3) is 5.11. The molecule has 0 saturated carbocycles. The van der Waals surface area contributed by atoms with Crippen molar-refractivity contribution < 1.29 is 22.5 Å². The number of carbonyl (C=O) groups is 1. The number of nitrogens with zero attached hydrogens (tertiary/aromatic N) is 3. The van der Waals surface area contributed by atoms with Crippen molar-refractivity contribution in [3.63, 3.8) is 0 Å². The number of nitrogens with one attached hydrogen (secondary N) is 1. The molecule has 0 aliphatic heterocycles. The Balaban J connectivity index is 1.77. The Hall–Kier alpha value is -3.40. The van der Waals surface area contributed by atoms with E-state index in [9.17, 15) is 13.2 Å². The minimum absolute atomic E-state index is 0.0585. The third-order valence-corrected chi connectivity index (χ3v) is 4.56. The topological polar surface area (TPSA) is 115 Å². The van der Waals surface area contributed by atoms with Gasteiger partial charge in [-0.05, 0) is 24.3 Å². The van der Waals surface area contributed by atoms with Crippen LogP contribution in [0.3, 0.4) is 0 Å². The maximum Gasteiger partial charge on any atom is 0.256 e. The molecule has 3 aromatic rings. The SMILES string of the molecule is COc1cccc(-c2noc(CN(C)C(=O)c3ccccc3NS(C)(=O)=O)n2)c1. The summed E-state index contributed by atoms with van der Waals surface area (Å²) in [5.41, 5.74) is 1.14. The number of sulfonamides is 1. The predicted octanol–water partition coefficient (Wildman–Crippen LogP) is 2.39. The molecule has 10 heteroatoms. The largest absolute Gasteiger partial charge is 0.497 e. The highest BCUT2D eigenvalue weighted by Crippen LogP contribution is 2.22. The number of carbonyl (C=O) groups excluding carboxylic acids is 1. The van der Waals surface area contributed by atoms with Crippen molar-refractivity contribution in [3.05, 3.63) is 60.0 Å². The van der Waals surface area contributed by atoms with Crippen molar-refractivity contribution >= 4 is 21.6 Å². The lowest BCUT2D eigenvalue weighted by atomic mass is 10.1. The Morgan fingerprint density at radius 3 is 2.69 bits per heavy atom. The van der Waals surface area contributed by atoms with Gasteiger partial charge >= 0.3 is 0 Å². The van der Waals surface area contributed by atoms with Crippen LogP contribution in [-0.2, 0) is 16.6 Å². The van der Waals surface area contributed by atoms with Gasteiger partial charge in [0.25, 0.3) is 5.91 Å². The molecule has 0 aliphatic rings. The molecule has 0 unspecified atom stereocenters. The van der Waals surface area contributed by atoms with Gasteiger partial charge < -0.3 is 14.2 Å². The van der Waals surface area contributed by atoms with E-state index in [4.69, 9.17) is 9.26 Å². The van der Waals surface area contributed by atoms with Gasteiger partial charge in [0, 0.05) is 12.6 Å². The van der Waals surface area contributed by atoms with Crippen LogP contribution in [-0.4, -0.2) is 49.8 Å². The first-order valence-corrected chi connectivity index (χ1v) is 10.5. The molecule has 0 spiro atoms. The van der Waals surface area contributed by atoms with Gasteiger partial charge in [-0.1, -0.05) is 29.4 Å².